The minimum Gasteiger partial charge on any atom is -0.468 e. The molecular formula is C15H11BrFN7O. The van der Waals surface area contributed by atoms with Gasteiger partial charge >= 0.3 is 0 Å². The van der Waals surface area contributed by atoms with E-state index in [4.69, 9.17) is 4.74 Å². The van der Waals surface area contributed by atoms with Gasteiger partial charge in [0.2, 0.25) is 5.88 Å². The average molecular weight is 404 g/mol. The fourth-order valence-corrected chi connectivity index (χ4v) is 2.71. The number of para-hydroxylation sites is 1. The SMILES string of the molecule is Cn1cnc(COc2nc3c(cc2Br)nnn3-c2ccccc2F)n1. The van der Waals surface area contributed by atoms with Crippen molar-refractivity contribution in [2.24, 2.45) is 7.05 Å². The number of hydrogen-bond donors (Lipinski definition) is 0. The Morgan fingerprint density at radius 1 is 1.28 bits per heavy atom. The molecule has 25 heavy (non-hydrogen) atoms. The lowest BCUT2D eigenvalue weighted by Gasteiger charge is -2.07. The number of halogens is 2. The van der Waals surface area contributed by atoms with Crippen LogP contribution in [0, 0.1) is 5.82 Å². The van der Waals surface area contributed by atoms with Crippen molar-refractivity contribution in [1.29, 1.82) is 0 Å². The van der Waals surface area contributed by atoms with Gasteiger partial charge in [-0.25, -0.2) is 9.37 Å². The van der Waals surface area contributed by atoms with Crippen molar-refractivity contribution in [2.75, 3.05) is 0 Å². The van der Waals surface area contributed by atoms with E-state index in [0.29, 0.717) is 27.3 Å². The minimum atomic E-state index is -0.417. The first kappa shape index (κ1) is 15.6. The standard InChI is InChI=1S/C15H11BrFN7O/c1-23-8-18-13(21-23)7-25-15-9(16)6-11-14(19-15)24(22-20-11)12-5-3-2-4-10(12)17/h2-6,8H,7H2,1H3. The van der Waals surface area contributed by atoms with Crippen LogP contribution in [0.2, 0.25) is 0 Å². The van der Waals surface area contributed by atoms with Gasteiger partial charge in [0.15, 0.2) is 18.1 Å². The molecule has 8 nitrogen and oxygen atoms in total. The van der Waals surface area contributed by atoms with E-state index in [1.165, 1.54) is 10.7 Å². The molecule has 0 bridgehead atoms. The fraction of sp³-hybridized carbons (Fsp3) is 0.133. The van der Waals surface area contributed by atoms with E-state index in [-0.39, 0.29) is 12.3 Å². The number of fused-ring (bicyclic) bond motifs is 1. The third kappa shape index (κ3) is 2.95. The number of rotatable bonds is 4. The van der Waals surface area contributed by atoms with E-state index in [1.807, 2.05) is 0 Å². The van der Waals surface area contributed by atoms with Crippen molar-refractivity contribution in [3.63, 3.8) is 0 Å². The van der Waals surface area contributed by atoms with Gasteiger partial charge < -0.3 is 4.74 Å². The van der Waals surface area contributed by atoms with Gasteiger partial charge in [0.25, 0.3) is 0 Å². The number of hydrogen-bond acceptors (Lipinski definition) is 6. The van der Waals surface area contributed by atoms with Gasteiger partial charge in [-0.05, 0) is 34.1 Å². The Kier molecular flexibility index (Phi) is 3.88. The Balaban J connectivity index is 1.72. The van der Waals surface area contributed by atoms with Crippen molar-refractivity contribution in [3.05, 3.63) is 52.8 Å². The third-order valence-electron chi connectivity index (χ3n) is 3.41. The summed E-state index contributed by atoms with van der Waals surface area (Å²) in [6.45, 7) is 0.152. The topological polar surface area (TPSA) is 83.5 Å². The van der Waals surface area contributed by atoms with E-state index in [1.54, 1.807) is 42.3 Å². The highest BCUT2D eigenvalue weighted by atomic mass is 79.9. The van der Waals surface area contributed by atoms with E-state index < -0.39 is 5.82 Å². The van der Waals surface area contributed by atoms with Crippen molar-refractivity contribution in [1.82, 2.24) is 34.7 Å². The minimum absolute atomic E-state index is 0.152. The van der Waals surface area contributed by atoms with Crippen LogP contribution in [-0.4, -0.2) is 34.7 Å². The Morgan fingerprint density at radius 2 is 2.12 bits per heavy atom. The van der Waals surface area contributed by atoms with Gasteiger partial charge in [0, 0.05) is 7.05 Å². The maximum Gasteiger partial charge on any atom is 0.230 e. The second-order valence-electron chi connectivity index (χ2n) is 5.19. The Bertz CT molecular complexity index is 1060. The summed E-state index contributed by atoms with van der Waals surface area (Å²) in [7, 11) is 1.77. The molecule has 0 amide bonds. The van der Waals surface area contributed by atoms with Gasteiger partial charge in [-0.15, -0.1) is 5.10 Å². The maximum atomic E-state index is 14.1. The van der Waals surface area contributed by atoms with Crippen LogP contribution >= 0.6 is 15.9 Å². The number of aryl methyl sites for hydroxylation is 1. The highest BCUT2D eigenvalue weighted by Crippen LogP contribution is 2.28. The third-order valence-corrected chi connectivity index (χ3v) is 3.98. The molecule has 0 spiro atoms. The molecular weight excluding hydrogens is 393 g/mol. The van der Waals surface area contributed by atoms with Crippen LogP contribution in [0.5, 0.6) is 5.88 Å². The normalized spacial score (nSPS) is 11.2. The zero-order valence-electron chi connectivity index (χ0n) is 13.0. The maximum absolute atomic E-state index is 14.1. The molecule has 126 valence electrons. The predicted octanol–water partition coefficient (Wildman–Crippen LogP) is 2.42. The quantitative estimate of drug-likeness (QED) is 0.520. The molecule has 0 unspecified atom stereocenters. The van der Waals surface area contributed by atoms with E-state index in [9.17, 15) is 4.39 Å². The highest BCUT2D eigenvalue weighted by Gasteiger charge is 2.15. The lowest BCUT2D eigenvalue weighted by Crippen LogP contribution is -2.04. The van der Waals surface area contributed by atoms with Gasteiger partial charge in [0.05, 0.1) is 4.47 Å². The smallest absolute Gasteiger partial charge is 0.230 e. The van der Waals surface area contributed by atoms with E-state index in [0.717, 1.165) is 0 Å². The summed E-state index contributed by atoms with van der Waals surface area (Å²) in [5.41, 5.74) is 1.16. The van der Waals surface area contributed by atoms with Crippen LogP contribution in [0.25, 0.3) is 16.9 Å². The summed E-state index contributed by atoms with van der Waals surface area (Å²) in [5.74, 6) is 0.427. The zero-order valence-corrected chi connectivity index (χ0v) is 14.6. The largest absolute Gasteiger partial charge is 0.468 e. The van der Waals surface area contributed by atoms with Crippen molar-refractivity contribution < 1.29 is 9.13 Å². The zero-order chi connectivity index (χ0) is 17.4. The molecule has 4 rings (SSSR count). The Morgan fingerprint density at radius 3 is 2.88 bits per heavy atom. The molecule has 1 aromatic carbocycles. The number of pyridine rings is 1. The molecule has 0 saturated heterocycles. The van der Waals surface area contributed by atoms with Crippen molar-refractivity contribution in [3.8, 4) is 11.6 Å². The number of ether oxygens (including phenoxy) is 1. The molecule has 10 heteroatoms. The van der Waals surface area contributed by atoms with E-state index in [2.05, 4.69) is 41.3 Å². The van der Waals surface area contributed by atoms with Gasteiger partial charge in [-0.1, -0.05) is 17.3 Å². The van der Waals surface area contributed by atoms with Crippen LogP contribution in [0.15, 0.2) is 41.1 Å². The number of benzene rings is 1. The highest BCUT2D eigenvalue weighted by molar-refractivity contribution is 9.10. The van der Waals surface area contributed by atoms with Crippen LogP contribution in [0.3, 0.4) is 0 Å². The molecule has 4 aromatic rings. The van der Waals surface area contributed by atoms with Crippen molar-refractivity contribution in [2.45, 2.75) is 6.61 Å². The number of aromatic nitrogens is 7. The van der Waals surface area contributed by atoms with Crippen LogP contribution in [0.1, 0.15) is 5.82 Å². The predicted molar refractivity (Wildman–Crippen MR) is 89.7 cm³/mol. The van der Waals surface area contributed by atoms with Gasteiger partial charge in [-0.2, -0.15) is 14.8 Å². The Labute approximate surface area is 149 Å². The fourth-order valence-electron chi connectivity index (χ4n) is 2.29. The molecule has 0 fully saturated rings. The molecule has 0 saturated carbocycles. The van der Waals surface area contributed by atoms with Gasteiger partial charge in [0.1, 0.15) is 23.3 Å². The average Bonchev–Trinajstić information content (AvgIpc) is 3.19. The molecule has 0 aliphatic rings. The summed E-state index contributed by atoms with van der Waals surface area (Å²) in [6, 6.07) is 8.00. The summed E-state index contributed by atoms with van der Waals surface area (Å²) in [5, 5.41) is 12.2. The lowest BCUT2D eigenvalue weighted by atomic mass is 10.3. The molecule has 0 aliphatic heterocycles. The van der Waals surface area contributed by atoms with Crippen LogP contribution < -0.4 is 4.74 Å². The van der Waals surface area contributed by atoms with Crippen LogP contribution in [-0.2, 0) is 13.7 Å². The number of nitrogens with zero attached hydrogens (tertiary/aromatic N) is 7. The van der Waals surface area contributed by atoms with Crippen molar-refractivity contribution >= 4 is 27.1 Å². The molecule has 0 atom stereocenters. The molecule has 3 aromatic heterocycles. The summed E-state index contributed by atoms with van der Waals surface area (Å²) < 4.78 is 23.3. The molecule has 3 heterocycles. The summed E-state index contributed by atoms with van der Waals surface area (Å²) in [4.78, 5) is 8.51. The summed E-state index contributed by atoms with van der Waals surface area (Å²) in [6.07, 6.45) is 1.58. The Hall–Kier alpha value is -2.88. The van der Waals surface area contributed by atoms with Crippen LogP contribution in [0.4, 0.5) is 4.39 Å². The second kappa shape index (κ2) is 6.20. The lowest BCUT2D eigenvalue weighted by molar-refractivity contribution is 0.282. The molecule has 0 N–H and O–H groups in total. The summed E-state index contributed by atoms with van der Waals surface area (Å²) >= 11 is 3.39. The first-order chi connectivity index (χ1) is 12.1. The molecule has 0 aliphatic carbocycles. The first-order valence-electron chi connectivity index (χ1n) is 7.26. The monoisotopic (exact) mass is 403 g/mol. The van der Waals surface area contributed by atoms with Gasteiger partial charge in [-0.3, -0.25) is 4.68 Å². The van der Waals surface area contributed by atoms with E-state index >= 15 is 0 Å². The first-order valence-corrected chi connectivity index (χ1v) is 8.05. The molecule has 0 radical (unpaired) electrons. The second-order valence-corrected chi connectivity index (χ2v) is 6.05.